The fraction of sp³-hybridized carbons (Fsp3) is 0.100. The van der Waals surface area contributed by atoms with Crippen molar-refractivity contribution in [3.63, 3.8) is 0 Å². The zero-order valence-electron chi connectivity index (χ0n) is 14.6. The summed E-state index contributed by atoms with van der Waals surface area (Å²) in [7, 11) is 1.86. The van der Waals surface area contributed by atoms with E-state index >= 15 is 0 Å². The summed E-state index contributed by atoms with van der Waals surface area (Å²) in [6.07, 6.45) is 4.32. The third-order valence-corrected chi connectivity index (χ3v) is 4.45. The van der Waals surface area contributed by atoms with Crippen molar-refractivity contribution in [2.75, 3.05) is 17.3 Å². The lowest BCUT2D eigenvalue weighted by atomic mass is 10.0. The van der Waals surface area contributed by atoms with Gasteiger partial charge in [-0.25, -0.2) is 4.98 Å². The van der Waals surface area contributed by atoms with Gasteiger partial charge in [-0.1, -0.05) is 18.2 Å². The maximum absolute atomic E-state index is 12.5. The van der Waals surface area contributed by atoms with Crippen LogP contribution in [0.3, 0.4) is 0 Å². The zero-order valence-corrected chi connectivity index (χ0v) is 14.6. The van der Waals surface area contributed by atoms with Crippen LogP contribution in [-0.4, -0.2) is 28.8 Å². The van der Waals surface area contributed by atoms with Gasteiger partial charge in [0.1, 0.15) is 12.0 Å². The molecule has 3 heterocycles. The number of nitrogens with one attached hydrogen (secondary N) is 2. The first-order chi connectivity index (χ1) is 13.1. The molecule has 0 radical (unpaired) electrons. The Balaban J connectivity index is 1.68. The third kappa shape index (κ3) is 3.10. The van der Waals surface area contributed by atoms with Gasteiger partial charge in [0.2, 0.25) is 0 Å². The Morgan fingerprint density at radius 3 is 2.74 bits per heavy atom. The largest absolute Gasteiger partial charge is 0.335 e. The summed E-state index contributed by atoms with van der Waals surface area (Å²) >= 11 is 0. The van der Waals surface area contributed by atoms with E-state index in [9.17, 15) is 9.59 Å². The second-order valence-electron chi connectivity index (χ2n) is 6.14. The summed E-state index contributed by atoms with van der Waals surface area (Å²) in [5, 5.41) is 5.88. The number of fused-ring (bicyclic) bond motifs is 1. The van der Waals surface area contributed by atoms with Crippen LogP contribution in [0.15, 0.2) is 67.1 Å². The molecule has 7 nitrogen and oxygen atoms in total. The molecule has 2 aromatic heterocycles. The van der Waals surface area contributed by atoms with Crippen LogP contribution < -0.4 is 15.5 Å². The number of carbonyl (C=O) groups excluding carboxylic acids is 2. The van der Waals surface area contributed by atoms with Crippen molar-refractivity contribution in [2.45, 2.75) is 6.17 Å². The van der Waals surface area contributed by atoms with Gasteiger partial charge in [0.15, 0.2) is 0 Å². The highest BCUT2D eigenvalue weighted by Gasteiger charge is 2.31. The maximum Gasteiger partial charge on any atom is 0.257 e. The van der Waals surface area contributed by atoms with E-state index in [4.69, 9.17) is 0 Å². The summed E-state index contributed by atoms with van der Waals surface area (Å²) < 4.78 is 0. The quantitative estimate of drug-likeness (QED) is 0.751. The zero-order chi connectivity index (χ0) is 18.8. The highest BCUT2D eigenvalue weighted by molar-refractivity contribution is 6.05. The lowest BCUT2D eigenvalue weighted by Crippen LogP contribution is -2.45. The van der Waals surface area contributed by atoms with Crippen LogP contribution >= 0.6 is 0 Å². The van der Waals surface area contributed by atoms with E-state index in [2.05, 4.69) is 20.6 Å². The first-order valence-electron chi connectivity index (χ1n) is 8.44. The summed E-state index contributed by atoms with van der Waals surface area (Å²) in [5.74, 6) is 0.132. The second-order valence-corrected chi connectivity index (χ2v) is 6.14. The molecule has 0 bridgehead atoms. The average molecular weight is 359 g/mol. The standard InChI is InChI=1S/C20H17N5O2/c1-25-17-15(8-5-11-22-17)20(27)24-18(25)14-7-2-3-9-16(14)23-19(26)13-6-4-10-21-12-13/h2-12,18H,1H3,(H,23,26)(H,24,27)/t18-/m1/s1. The molecule has 0 fully saturated rings. The Bertz CT molecular complexity index is 1010. The number of benzene rings is 1. The molecule has 134 valence electrons. The molecule has 4 rings (SSSR count). The molecule has 0 aliphatic carbocycles. The van der Waals surface area contributed by atoms with Crippen molar-refractivity contribution >= 4 is 23.3 Å². The number of para-hydroxylation sites is 1. The number of nitrogens with zero attached hydrogens (tertiary/aromatic N) is 3. The van der Waals surface area contributed by atoms with Gasteiger partial charge in [-0.15, -0.1) is 0 Å². The van der Waals surface area contributed by atoms with E-state index in [1.54, 1.807) is 42.7 Å². The average Bonchev–Trinajstić information content (AvgIpc) is 2.72. The number of carbonyl (C=O) groups is 2. The SMILES string of the molecule is CN1c2ncccc2C(=O)N[C@H]1c1ccccc1NC(=O)c1cccnc1. The van der Waals surface area contributed by atoms with Crippen molar-refractivity contribution in [3.05, 3.63) is 83.8 Å². The van der Waals surface area contributed by atoms with Crippen LogP contribution in [0.4, 0.5) is 11.5 Å². The van der Waals surface area contributed by atoms with E-state index in [0.717, 1.165) is 5.56 Å². The first kappa shape index (κ1) is 16.7. The number of hydrogen-bond acceptors (Lipinski definition) is 5. The van der Waals surface area contributed by atoms with Crippen molar-refractivity contribution in [1.29, 1.82) is 0 Å². The minimum atomic E-state index is -0.453. The minimum absolute atomic E-state index is 0.199. The number of hydrogen-bond donors (Lipinski definition) is 2. The Kier molecular flexibility index (Phi) is 4.25. The van der Waals surface area contributed by atoms with Crippen LogP contribution in [0.25, 0.3) is 0 Å². The van der Waals surface area contributed by atoms with Gasteiger partial charge in [0.25, 0.3) is 11.8 Å². The highest BCUT2D eigenvalue weighted by Crippen LogP contribution is 2.33. The first-order valence-corrected chi connectivity index (χ1v) is 8.44. The van der Waals surface area contributed by atoms with Gasteiger partial charge < -0.3 is 15.5 Å². The van der Waals surface area contributed by atoms with Gasteiger partial charge >= 0.3 is 0 Å². The van der Waals surface area contributed by atoms with E-state index in [0.29, 0.717) is 22.6 Å². The smallest absolute Gasteiger partial charge is 0.257 e. The lowest BCUT2D eigenvalue weighted by molar-refractivity contribution is 0.0927. The molecule has 0 unspecified atom stereocenters. The Morgan fingerprint density at radius 1 is 1.11 bits per heavy atom. The molecule has 27 heavy (non-hydrogen) atoms. The molecule has 1 aliphatic rings. The molecule has 1 atom stereocenters. The fourth-order valence-electron chi connectivity index (χ4n) is 3.10. The van der Waals surface area contributed by atoms with E-state index in [1.807, 2.05) is 30.1 Å². The van der Waals surface area contributed by atoms with E-state index in [1.165, 1.54) is 6.20 Å². The van der Waals surface area contributed by atoms with Gasteiger partial charge in [0, 0.05) is 36.9 Å². The Labute approximate surface area is 156 Å². The summed E-state index contributed by atoms with van der Waals surface area (Å²) in [6, 6.07) is 14.2. The van der Waals surface area contributed by atoms with Crippen molar-refractivity contribution < 1.29 is 9.59 Å². The number of rotatable bonds is 3. The third-order valence-electron chi connectivity index (χ3n) is 4.45. The van der Waals surface area contributed by atoms with Crippen LogP contribution in [0.5, 0.6) is 0 Å². The molecule has 0 spiro atoms. The maximum atomic E-state index is 12.5. The summed E-state index contributed by atoms with van der Waals surface area (Å²) in [4.78, 5) is 35.2. The second kappa shape index (κ2) is 6.87. The molecule has 7 heteroatoms. The predicted octanol–water partition coefficient (Wildman–Crippen LogP) is 2.61. The summed E-state index contributed by atoms with van der Waals surface area (Å²) in [5.41, 5.74) is 2.36. The fourth-order valence-corrected chi connectivity index (χ4v) is 3.10. The predicted molar refractivity (Wildman–Crippen MR) is 101 cm³/mol. The van der Waals surface area contributed by atoms with Gasteiger partial charge in [0.05, 0.1) is 11.1 Å². The number of aromatic nitrogens is 2. The van der Waals surface area contributed by atoms with E-state index in [-0.39, 0.29) is 11.8 Å². The van der Waals surface area contributed by atoms with Gasteiger partial charge in [-0.05, 0) is 30.3 Å². The summed E-state index contributed by atoms with van der Waals surface area (Å²) in [6.45, 7) is 0. The molecule has 2 amide bonds. The Morgan fingerprint density at radius 2 is 1.93 bits per heavy atom. The minimum Gasteiger partial charge on any atom is -0.335 e. The molecule has 0 saturated heterocycles. The number of amides is 2. The van der Waals surface area contributed by atoms with E-state index < -0.39 is 6.17 Å². The monoisotopic (exact) mass is 359 g/mol. The molecular weight excluding hydrogens is 342 g/mol. The van der Waals surface area contributed by atoms with Crippen molar-refractivity contribution in [3.8, 4) is 0 Å². The topological polar surface area (TPSA) is 87.2 Å². The highest BCUT2D eigenvalue weighted by atomic mass is 16.2. The molecule has 0 saturated carbocycles. The normalized spacial score (nSPS) is 15.7. The van der Waals surface area contributed by atoms with Crippen LogP contribution in [0.2, 0.25) is 0 Å². The van der Waals surface area contributed by atoms with Crippen molar-refractivity contribution in [2.24, 2.45) is 0 Å². The number of anilines is 2. The molecule has 2 N–H and O–H groups in total. The van der Waals surface area contributed by atoms with Crippen molar-refractivity contribution in [1.82, 2.24) is 15.3 Å². The van der Waals surface area contributed by atoms with Gasteiger partial charge in [-0.2, -0.15) is 0 Å². The molecule has 1 aliphatic heterocycles. The lowest BCUT2D eigenvalue weighted by Gasteiger charge is -2.36. The van der Waals surface area contributed by atoms with Crippen LogP contribution in [-0.2, 0) is 0 Å². The Hall–Kier alpha value is -3.74. The number of pyridine rings is 2. The molecule has 1 aromatic carbocycles. The van der Waals surface area contributed by atoms with Crippen LogP contribution in [0, 0.1) is 0 Å². The van der Waals surface area contributed by atoms with Gasteiger partial charge in [-0.3, -0.25) is 14.6 Å². The molecular formula is C20H17N5O2. The van der Waals surface area contributed by atoms with Crippen LogP contribution in [0.1, 0.15) is 32.4 Å². The molecule has 3 aromatic rings.